The highest BCUT2D eigenvalue weighted by atomic mass is 32.2. The molecule has 1 rings (SSSR count). The van der Waals surface area contributed by atoms with E-state index in [0.717, 1.165) is 19.3 Å². The zero-order valence-electron chi connectivity index (χ0n) is 12.8. The predicted octanol–water partition coefficient (Wildman–Crippen LogP) is 4.14. The van der Waals surface area contributed by atoms with E-state index < -0.39 is 11.0 Å². The van der Waals surface area contributed by atoms with Crippen LogP contribution in [0.15, 0.2) is 30.3 Å². The van der Waals surface area contributed by atoms with Gasteiger partial charge in [0.1, 0.15) is 0 Å². The molecule has 0 aliphatic carbocycles. The molecule has 3 heteroatoms. The predicted molar refractivity (Wildman–Crippen MR) is 84.4 cm³/mol. The lowest BCUT2D eigenvalue weighted by Gasteiger charge is -2.34. The van der Waals surface area contributed by atoms with E-state index in [1.54, 1.807) is 0 Å². The van der Waals surface area contributed by atoms with E-state index in [1.165, 1.54) is 5.56 Å². The minimum atomic E-state index is -1.06. The number of unbranched alkanes of at least 4 members (excludes halogenated alkanes) is 1. The summed E-state index contributed by atoms with van der Waals surface area (Å²) in [5, 5.41) is 0. The molecule has 0 aliphatic heterocycles. The zero-order valence-corrected chi connectivity index (χ0v) is 13.6. The maximum absolute atomic E-state index is 12.4. The van der Waals surface area contributed by atoms with Gasteiger partial charge in [0.05, 0.1) is 21.3 Å². The fraction of sp³-hybridized carbons (Fsp3) is 0.625. The third-order valence-electron chi connectivity index (χ3n) is 3.32. The van der Waals surface area contributed by atoms with Crippen molar-refractivity contribution in [1.29, 1.82) is 0 Å². The smallest absolute Gasteiger partial charge is 0.0978 e. The Bertz CT molecular complexity index is 411. The molecule has 0 bridgehead atoms. The second-order valence-electron chi connectivity index (χ2n) is 6.28. The van der Waals surface area contributed by atoms with Crippen LogP contribution in [0.4, 0.5) is 0 Å². The van der Waals surface area contributed by atoms with Crippen molar-refractivity contribution < 1.29 is 4.21 Å². The Morgan fingerprint density at radius 2 is 1.68 bits per heavy atom. The largest absolute Gasteiger partial charge is 0.242 e. The summed E-state index contributed by atoms with van der Waals surface area (Å²) >= 11 is 0. The van der Waals surface area contributed by atoms with Gasteiger partial charge in [-0.3, -0.25) is 0 Å². The fourth-order valence-corrected chi connectivity index (χ4v) is 2.88. The molecule has 0 fully saturated rings. The Labute approximate surface area is 120 Å². The molecular formula is C16H27NOS. The summed E-state index contributed by atoms with van der Waals surface area (Å²) in [7, 11) is -1.06. The van der Waals surface area contributed by atoms with E-state index >= 15 is 0 Å². The van der Waals surface area contributed by atoms with Gasteiger partial charge in [0, 0.05) is 0 Å². The van der Waals surface area contributed by atoms with Crippen molar-refractivity contribution in [3.63, 3.8) is 0 Å². The Kier molecular flexibility index (Phi) is 5.75. The van der Waals surface area contributed by atoms with Crippen LogP contribution >= 0.6 is 0 Å². The van der Waals surface area contributed by atoms with Crippen molar-refractivity contribution in [3.8, 4) is 0 Å². The molecule has 1 N–H and O–H groups in total. The Morgan fingerprint density at radius 3 is 2.16 bits per heavy atom. The first-order chi connectivity index (χ1) is 8.79. The molecule has 0 heterocycles. The van der Waals surface area contributed by atoms with Gasteiger partial charge in [0.15, 0.2) is 0 Å². The number of benzene rings is 1. The van der Waals surface area contributed by atoms with Crippen LogP contribution in [-0.2, 0) is 16.5 Å². The molecule has 0 radical (unpaired) electrons. The average molecular weight is 281 g/mol. The van der Waals surface area contributed by atoms with E-state index in [4.69, 9.17) is 0 Å². The van der Waals surface area contributed by atoms with Crippen LogP contribution < -0.4 is 4.72 Å². The van der Waals surface area contributed by atoms with Crippen molar-refractivity contribution in [2.75, 3.05) is 0 Å². The summed E-state index contributed by atoms with van der Waals surface area (Å²) in [5.74, 6) is 0. The monoisotopic (exact) mass is 281 g/mol. The first kappa shape index (κ1) is 16.4. The van der Waals surface area contributed by atoms with Gasteiger partial charge in [-0.05, 0) is 39.7 Å². The molecule has 108 valence electrons. The van der Waals surface area contributed by atoms with Gasteiger partial charge in [-0.1, -0.05) is 50.1 Å². The van der Waals surface area contributed by atoms with Crippen LogP contribution in [0.3, 0.4) is 0 Å². The summed E-state index contributed by atoms with van der Waals surface area (Å²) in [6, 6.07) is 10.3. The molecule has 1 aromatic carbocycles. The fourth-order valence-electron chi connectivity index (χ4n) is 1.95. The molecule has 2 atom stereocenters. The van der Waals surface area contributed by atoms with Gasteiger partial charge in [0.25, 0.3) is 0 Å². The molecule has 1 unspecified atom stereocenters. The van der Waals surface area contributed by atoms with Crippen LogP contribution in [0.2, 0.25) is 0 Å². The number of hydrogen-bond acceptors (Lipinski definition) is 1. The minimum Gasteiger partial charge on any atom is -0.242 e. The highest BCUT2D eigenvalue weighted by molar-refractivity contribution is 7.84. The van der Waals surface area contributed by atoms with E-state index in [0.29, 0.717) is 0 Å². The van der Waals surface area contributed by atoms with Gasteiger partial charge in [-0.2, -0.15) is 0 Å². The van der Waals surface area contributed by atoms with Crippen LogP contribution in [0, 0.1) is 0 Å². The van der Waals surface area contributed by atoms with E-state index in [1.807, 2.05) is 39.0 Å². The summed E-state index contributed by atoms with van der Waals surface area (Å²) in [5.41, 5.74) is 0.983. The average Bonchev–Trinajstić information content (AvgIpc) is 2.36. The Balaban J connectivity index is 2.97. The van der Waals surface area contributed by atoms with Gasteiger partial charge in [-0.25, -0.2) is 8.93 Å². The third kappa shape index (κ3) is 4.73. The lowest BCUT2D eigenvalue weighted by atomic mass is 9.88. The minimum absolute atomic E-state index is 0.227. The number of rotatable bonds is 6. The molecule has 0 amide bonds. The van der Waals surface area contributed by atoms with Crippen molar-refractivity contribution in [3.05, 3.63) is 35.9 Å². The maximum Gasteiger partial charge on any atom is 0.0978 e. The van der Waals surface area contributed by atoms with E-state index in [-0.39, 0.29) is 10.3 Å². The molecule has 19 heavy (non-hydrogen) atoms. The second kappa shape index (κ2) is 6.67. The van der Waals surface area contributed by atoms with Gasteiger partial charge < -0.3 is 0 Å². The summed E-state index contributed by atoms with van der Waals surface area (Å²) in [6.45, 7) is 10.3. The lowest BCUT2D eigenvalue weighted by Crippen LogP contribution is -2.46. The number of hydrogen-bond donors (Lipinski definition) is 1. The Hall–Kier alpha value is -0.670. The lowest BCUT2D eigenvalue weighted by molar-refractivity contribution is 0.392. The topological polar surface area (TPSA) is 29.1 Å². The molecule has 1 aromatic rings. The molecule has 0 spiro atoms. The first-order valence-electron chi connectivity index (χ1n) is 7.05. The quantitative estimate of drug-likeness (QED) is 0.834. The highest BCUT2D eigenvalue weighted by Gasteiger charge is 2.31. The molecule has 0 aliphatic rings. The van der Waals surface area contributed by atoms with E-state index in [2.05, 4.69) is 30.7 Å². The van der Waals surface area contributed by atoms with Crippen LogP contribution in [0.25, 0.3) is 0 Å². The normalized spacial score (nSPS) is 16.9. The van der Waals surface area contributed by atoms with Crippen LogP contribution in [-0.4, -0.2) is 8.96 Å². The van der Waals surface area contributed by atoms with Crippen molar-refractivity contribution in [1.82, 2.24) is 4.72 Å². The maximum atomic E-state index is 12.4. The second-order valence-corrected chi connectivity index (χ2v) is 8.25. The van der Waals surface area contributed by atoms with Crippen LogP contribution in [0.5, 0.6) is 0 Å². The summed E-state index contributed by atoms with van der Waals surface area (Å²) in [6.07, 6.45) is 3.27. The third-order valence-corrected chi connectivity index (χ3v) is 5.06. The molecule has 0 aromatic heterocycles. The molecule has 0 saturated heterocycles. The van der Waals surface area contributed by atoms with Gasteiger partial charge in [-0.15, -0.1) is 0 Å². The SMILES string of the molecule is CCCC[C@@](C)(NS(=O)C(C)(C)C)c1ccccc1. The van der Waals surface area contributed by atoms with Crippen molar-refractivity contribution >= 4 is 11.0 Å². The molecular weight excluding hydrogens is 254 g/mol. The highest BCUT2D eigenvalue weighted by Crippen LogP contribution is 2.28. The summed E-state index contributed by atoms with van der Waals surface area (Å²) in [4.78, 5) is 0. The molecule has 0 saturated carbocycles. The van der Waals surface area contributed by atoms with Crippen LogP contribution in [0.1, 0.15) is 59.4 Å². The van der Waals surface area contributed by atoms with E-state index in [9.17, 15) is 4.21 Å². The van der Waals surface area contributed by atoms with Crippen molar-refractivity contribution in [2.45, 2.75) is 64.2 Å². The number of nitrogens with one attached hydrogen (secondary N) is 1. The van der Waals surface area contributed by atoms with Gasteiger partial charge >= 0.3 is 0 Å². The first-order valence-corrected chi connectivity index (χ1v) is 8.20. The zero-order chi connectivity index (χ0) is 14.5. The summed E-state index contributed by atoms with van der Waals surface area (Å²) < 4.78 is 15.5. The Morgan fingerprint density at radius 1 is 1.11 bits per heavy atom. The standard InChI is InChI=1S/C16H27NOS/c1-6-7-13-16(5,14-11-9-8-10-12-14)17-19(18)15(2,3)4/h8-12,17H,6-7,13H2,1-5H3/t16-,19?/m1/s1. The van der Waals surface area contributed by atoms with Crippen molar-refractivity contribution in [2.24, 2.45) is 0 Å². The molecule has 2 nitrogen and oxygen atoms in total. The van der Waals surface area contributed by atoms with Gasteiger partial charge in [0.2, 0.25) is 0 Å².